The number of sulfonamides is 1. The van der Waals surface area contributed by atoms with Crippen LogP contribution in [0, 0.1) is 27.3 Å². The molecule has 0 amide bonds. The molecule has 1 atom stereocenters. The third kappa shape index (κ3) is 2.35. The number of rotatable bonds is 3. The smallest absolute Gasteiger partial charge is 0.258 e. The topological polar surface area (TPSA) is 104 Å². The molecule has 9 heteroatoms. The van der Waals surface area contributed by atoms with E-state index in [2.05, 4.69) is 0 Å². The number of nitriles is 1. The monoisotopic (exact) mass is 299 g/mol. The molecule has 1 fully saturated rings. The molecular formula is C11H10FN3O4S. The highest BCUT2D eigenvalue weighted by molar-refractivity contribution is 7.89. The van der Waals surface area contributed by atoms with Crippen LogP contribution in [0.2, 0.25) is 0 Å². The Balaban J connectivity index is 2.56. The predicted molar refractivity (Wildman–Crippen MR) is 65.6 cm³/mol. The Morgan fingerprint density at radius 2 is 2.20 bits per heavy atom. The minimum Gasteiger partial charge on any atom is -0.258 e. The van der Waals surface area contributed by atoms with E-state index < -0.39 is 37.4 Å². The van der Waals surface area contributed by atoms with Gasteiger partial charge in [0.05, 0.1) is 17.1 Å². The zero-order chi connectivity index (χ0) is 14.9. The number of nitro groups is 1. The lowest BCUT2D eigenvalue weighted by Crippen LogP contribution is -2.34. The van der Waals surface area contributed by atoms with Crippen molar-refractivity contribution in [3.05, 3.63) is 34.1 Å². The second-order valence-corrected chi connectivity index (χ2v) is 6.13. The molecule has 0 radical (unpaired) electrons. The quantitative estimate of drug-likeness (QED) is 0.620. The first-order chi connectivity index (χ1) is 9.37. The number of hydrogen-bond donors (Lipinski definition) is 0. The summed E-state index contributed by atoms with van der Waals surface area (Å²) in [6.07, 6.45) is 0.886. The Bertz CT molecular complexity index is 698. The number of halogens is 1. The largest absolute Gasteiger partial charge is 0.292 e. The molecule has 1 unspecified atom stereocenters. The van der Waals surface area contributed by atoms with Gasteiger partial charge in [-0.3, -0.25) is 10.1 Å². The van der Waals surface area contributed by atoms with Crippen molar-refractivity contribution in [1.82, 2.24) is 4.31 Å². The maximum Gasteiger partial charge on any atom is 0.292 e. The van der Waals surface area contributed by atoms with Crippen LogP contribution in [0.5, 0.6) is 0 Å². The van der Waals surface area contributed by atoms with Gasteiger partial charge in [0.2, 0.25) is 0 Å². The van der Waals surface area contributed by atoms with Crippen LogP contribution in [0.1, 0.15) is 12.8 Å². The van der Waals surface area contributed by atoms with E-state index in [4.69, 9.17) is 5.26 Å². The molecule has 0 saturated carbocycles. The molecule has 1 aromatic rings. The van der Waals surface area contributed by atoms with Gasteiger partial charge in [0, 0.05) is 6.54 Å². The average Bonchev–Trinajstić information content (AvgIpc) is 2.87. The maximum absolute atomic E-state index is 13.1. The lowest BCUT2D eigenvalue weighted by Gasteiger charge is -2.18. The lowest BCUT2D eigenvalue weighted by molar-refractivity contribution is -0.388. The minimum absolute atomic E-state index is 0.120. The van der Waals surface area contributed by atoms with Gasteiger partial charge in [-0.05, 0) is 25.0 Å². The summed E-state index contributed by atoms with van der Waals surface area (Å²) >= 11 is 0. The van der Waals surface area contributed by atoms with Crippen LogP contribution < -0.4 is 0 Å². The molecule has 2 rings (SSSR count). The molecule has 0 spiro atoms. The van der Waals surface area contributed by atoms with Crippen molar-refractivity contribution in [1.29, 1.82) is 5.26 Å². The van der Waals surface area contributed by atoms with E-state index in [1.165, 1.54) is 0 Å². The summed E-state index contributed by atoms with van der Waals surface area (Å²) < 4.78 is 38.8. The third-order valence-corrected chi connectivity index (χ3v) is 5.01. The fourth-order valence-electron chi connectivity index (χ4n) is 2.13. The molecule has 1 heterocycles. The SMILES string of the molecule is N#CC1CCCN1S(=O)(=O)c1ccc(F)cc1[N+](=O)[O-]. The minimum atomic E-state index is -4.19. The van der Waals surface area contributed by atoms with Crippen LogP contribution in [0.4, 0.5) is 10.1 Å². The summed E-state index contributed by atoms with van der Waals surface area (Å²) in [7, 11) is -4.19. The van der Waals surface area contributed by atoms with Crippen molar-refractivity contribution >= 4 is 15.7 Å². The van der Waals surface area contributed by atoms with Crippen molar-refractivity contribution in [3.63, 3.8) is 0 Å². The molecule has 1 aliphatic rings. The average molecular weight is 299 g/mol. The van der Waals surface area contributed by atoms with E-state index in [0.717, 1.165) is 16.4 Å². The summed E-state index contributed by atoms with van der Waals surface area (Å²) in [5.41, 5.74) is -0.825. The molecule has 7 nitrogen and oxygen atoms in total. The Labute approximate surface area is 114 Å². The summed E-state index contributed by atoms with van der Waals surface area (Å²) in [4.78, 5) is 9.33. The van der Waals surface area contributed by atoms with Gasteiger partial charge in [0.15, 0.2) is 4.90 Å². The molecular weight excluding hydrogens is 289 g/mol. The normalized spacial score (nSPS) is 19.7. The van der Waals surface area contributed by atoms with Crippen LogP contribution in [-0.4, -0.2) is 30.2 Å². The molecule has 0 aliphatic carbocycles. The second kappa shape index (κ2) is 5.15. The fraction of sp³-hybridized carbons (Fsp3) is 0.364. The summed E-state index contributed by atoms with van der Waals surface area (Å²) in [6.45, 7) is 0.120. The van der Waals surface area contributed by atoms with E-state index in [0.29, 0.717) is 18.9 Å². The van der Waals surface area contributed by atoms with E-state index >= 15 is 0 Å². The second-order valence-electron chi connectivity index (χ2n) is 4.27. The molecule has 1 saturated heterocycles. The number of nitrogens with zero attached hydrogens (tertiary/aromatic N) is 3. The van der Waals surface area contributed by atoms with Crippen molar-refractivity contribution in [3.8, 4) is 6.07 Å². The van der Waals surface area contributed by atoms with Crippen molar-refractivity contribution in [2.75, 3.05) is 6.54 Å². The number of hydrogen-bond acceptors (Lipinski definition) is 5. The highest BCUT2D eigenvalue weighted by atomic mass is 32.2. The van der Waals surface area contributed by atoms with Gasteiger partial charge in [-0.15, -0.1) is 0 Å². The molecule has 1 aliphatic heterocycles. The van der Waals surface area contributed by atoms with E-state index in [1.54, 1.807) is 0 Å². The summed E-state index contributed by atoms with van der Waals surface area (Å²) in [6, 6.07) is 3.27. The highest BCUT2D eigenvalue weighted by Gasteiger charge is 2.39. The fourth-order valence-corrected chi connectivity index (χ4v) is 3.88. The van der Waals surface area contributed by atoms with Gasteiger partial charge in [-0.25, -0.2) is 12.8 Å². The van der Waals surface area contributed by atoms with Crippen LogP contribution in [0.25, 0.3) is 0 Å². The lowest BCUT2D eigenvalue weighted by atomic mass is 10.2. The Kier molecular flexibility index (Phi) is 3.69. The first-order valence-electron chi connectivity index (χ1n) is 5.73. The van der Waals surface area contributed by atoms with Crippen LogP contribution >= 0.6 is 0 Å². The van der Waals surface area contributed by atoms with E-state index in [-0.39, 0.29) is 6.54 Å². The van der Waals surface area contributed by atoms with Crippen molar-refractivity contribution < 1.29 is 17.7 Å². The van der Waals surface area contributed by atoms with Gasteiger partial charge >= 0.3 is 0 Å². The van der Waals surface area contributed by atoms with Crippen LogP contribution in [-0.2, 0) is 10.0 Å². The molecule has 106 valence electrons. The molecule has 0 bridgehead atoms. The Hall–Kier alpha value is -2.05. The zero-order valence-corrected chi connectivity index (χ0v) is 11.0. The zero-order valence-electron chi connectivity index (χ0n) is 10.2. The van der Waals surface area contributed by atoms with Gasteiger partial charge in [0.1, 0.15) is 11.9 Å². The molecule has 20 heavy (non-hydrogen) atoms. The number of benzene rings is 1. The molecule has 0 aromatic heterocycles. The standard InChI is InChI=1S/C11H10FN3O4S/c12-8-3-4-11(10(6-8)15(16)17)20(18,19)14-5-1-2-9(14)7-13/h3-4,6,9H,1-2,5H2. The number of nitro benzene ring substituents is 1. The first-order valence-corrected chi connectivity index (χ1v) is 7.17. The van der Waals surface area contributed by atoms with Crippen LogP contribution in [0.15, 0.2) is 23.1 Å². The van der Waals surface area contributed by atoms with E-state index in [1.807, 2.05) is 6.07 Å². The van der Waals surface area contributed by atoms with Crippen LogP contribution in [0.3, 0.4) is 0 Å². The van der Waals surface area contributed by atoms with Gasteiger partial charge in [0.25, 0.3) is 15.7 Å². The Morgan fingerprint density at radius 1 is 1.50 bits per heavy atom. The molecule has 0 N–H and O–H groups in total. The third-order valence-electron chi connectivity index (χ3n) is 3.06. The van der Waals surface area contributed by atoms with E-state index in [9.17, 15) is 22.9 Å². The van der Waals surface area contributed by atoms with Gasteiger partial charge < -0.3 is 0 Å². The maximum atomic E-state index is 13.1. The Morgan fingerprint density at radius 3 is 2.80 bits per heavy atom. The van der Waals surface area contributed by atoms with Crippen molar-refractivity contribution in [2.45, 2.75) is 23.8 Å². The molecule has 1 aromatic carbocycles. The first kappa shape index (κ1) is 14.4. The highest BCUT2D eigenvalue weighted by Crippen LogP contribution is 2.31. The summed E-state index contributed by atoms with van der Waals surface area (Å²) in [5, 5.41) is 19.8. The summed E-state index contributed by atoms with van der Waals surface area (Å²) in [5.74, 6) is -0.895. The van der Waals surface area contributed by atoms with Crippen molar-refractivity contribution in [2.24, 2.45) is 0 Å². The van der Waals surface area contributed by atoms with Gasteiger partial charge in [-0.2, -0.15) is 9.57 Å². The predicted octanol–water partition coefficient (Wildman–Crippen LogP) is 1.41. The van der Waals surface area contributed by atoms with Gasteiger partial charge in [-0.1, -0.05) is 0 Å².